The average molecular weight is 258 g/mol. The highest BCUT2D eigenvalue weighted by Crippen LogP contribution is 2.05. The quantitative estimate of drug-likeness (QED) is 0.480. The second-order valence-corrected chi connectivity index (χ2v) is 4.79. The van der Waals surface area contributed by atoms with Crippen molar-refractivity contribution < 1.29 is 14.3 Å². The van der Waals surface area contributed by atoms with Gasteiger partial charge in [-0.1, -0.05) is 27.2 Å². The van der Waals surface area contributed by atoms with E-state index in [9.17, 15) is 9.59 Å². The van der Waals surface area contributed by atoms with Gasteiger partial charge in [-0.3, -0.25) is 14.9 Å². The molecule has 0 aromatic carbocycles. The first-order valence-electron chi connectivity index (χ1n) is 6.59. The Morgan fingerprint density at radius 2 is 1.94 bits per heavy atom. The zero-order valence-electron chi connectivity index (χ0n) is 11.9. The summed E-state index contributed by atoms with van der Waals surface area (Å²) in [4.78, 5) is 23.0. The molecule has 0 spiro atoms. The molecule has 0 radical (unpaired) electrons. The molecule has 0 saturated heterocycles. The number of methoxy groups -OCH3 is 1. The normalized spacial score (nSPS) is 12.3. The maximum absolute atomic E-state index is 11.5. The lowest BCUT2D eigenvalue weighted by molar-refractivity contribution is -0.143. The Bertz CT molecular complexity index is 255. The molecule has 5 nitrogen and oxygen atoms in total. The summed E-state index contributed by atoms with van der Waals surface area (Å²) < 4.78 is 4.71. The van der Waals surface area contributed by atoms with E-state index in [4.69, 9.17) is 4.74 Å². The van der Waals surface area contributed by atoms with Crippen LogP contribution < -0.4 is 10.6 Å². The Kier molecular flexibility index (Phi) is 9.28. The minimum atomic E-state index is -0.410. The third-order valence-corrected chi connectivity index (χ3v) is 2.55. The van der Waals surface area contributed by atoms with Crippen LogP contribution in [0.25, 0.3) is 0 Å². The van der Waals surface area contributed by atoms with Crippen molar-refractivity contribution in [2.45, 2.75) is 46.1 Å². The van der Waals surface area contributed by atoms with E-state index in [1.807, 2.05) is 13.8 Å². The summed E-state index contributed by atoms with van der Waals surface area (Å²) in [6.45, 7) is 6.96. The smallest absolute Gasteiger partial charge is 0.322 e. The van der Waals surface area contributed by atoms with E-state index in [1.165, 1.54) is 7.11 Å². The molecule has 1 unspecified atom stereocenters. The van der Waals surface area contributed by atoms with Crippen molar-refractivity contribution in [1.29, 1.82) is 0 Å². The van der Waals surface area contributed by atoms with Crippen LogP contribution in [-0.4, -0.2) is 38.1 Å². The molecule has 0 aliphatic heterocycles. The molecule has 1 amide bonds. The lowest BCUT2D eigenvalue weighted by Gasteiger charge is -2.18. The summed E-state index contributed by atoms with van der Waals surface area (Å²) in [5.74, 6) is -0.0316. The summed E-state index contributed by atoms with van der Waals surface area (Å²) in [5.41, 5.74) is 0. The first-order valence-corrected chi connectivity index (χ1v) is 6.59. The van der Waals surface area contributed by atoms with Crippen LogP contribution in [0.1, 0.15) is 40.0 Å². The predicted octanol–water partition coefficient (Wildman–Crippen LogP) is 1.08. The molecule has 106 valence electrons. The monoisotopic (exact) mass is 258 g/mol. The Balaban J connectivity index is 4.01. The summed E-state index contributed by atoms with van der Waals surface area (Å²) in [6.07, 6.45) is 2.68. The van der Waals surface area contributed by atoms with Crippen molar-refractivity contribution in [2.75, 3.05) is 20.2 Å². The molecule has 0 aromatic heterocycles. The summed E-state index contributed by atoms with van der Waals surface area (Å²) in [5, 5.41) is 5.74. The van der Waals surface area contributed by atoms with Gasteiger partial charge in [-0.05, 0) is 18.8 Å². The van der Waals surface area contributed by atoms with Gasteiger partial charge in [0.05, 0.1) is 13.7 Å². The third kappa shape index (κ3) is 8.06. The fourth-order valence-electron chi connectivity index (χ4n) is 1.56. The van der Waals surface area contributed by atoms with E-state index in [0.29, 0.717) is 18.9 Å². The van der Waals surface area contributed by atoms with Gasteiger partial charge in [0, 0.05) is 6.54 Å². The van der Waals surface area contributed by atoms with Gasteiger partial charge in [-0.15, -0.1) is 0 Å². The van der Waals surface area contributed by atoms with Crippen LogP contribution in [-0.2, 0) is 14.3 Å². The molecule has 0 aromatic rings. The van der Waals surface area contributed by atoms with E-state index < -0.39 is 6.04 Å². The number of carbonyl (C=O) groups is 2. The van der Waals surface area contributed by atoms with Gasteiger partial charge in [0.2, 0.25) is 5.91 Å². The molecule has 5 heteroatoms. The molecule has 0 fully saturated rings. The van der Waals surface area contributed by atoms with Gasteiger partial charge in [0.25, 0.3) is 0 Å². The van der Waals surface area contributed by atoms with Gasteiger partial charge in [-0.25, -0.2) is 0 Å². The Hall–Kier alpha value is -1.10. The van der Waals surface area contributed by atoms with Crippen LogP contribution in [0.15, 0.2) is 0 Å². The van der Waals surface area contributed by atoms with Gasteiger partial charge >= 0.3 is 5.97 Å². The van der Waals surface area contributed by atoms with E-state index in [2.05, 4.69) is 17.6 Å². The van der Waals surface area contributed by atoms with Crippen molar-refractivity contribution in [3.63, 3.8) is 0 Å². The van der Waals surface area contributed by atoms with Crippen LogP contribution in [0.4, 0.5) is 0 Å². The Morgan fingerprint density at radius 1 is 1.28 bits per heavy atom. The molecule has 0 aliphatic carbocycles. The van der Waals surface area contributed by atoms with Crippen molar-refractivity contribution in [1.82, 2.24) is 10.6 Å². The maximum Gasteiger partial charge on any atom is 0.322 e. The molecule has 0 heterocycles. The lowest BCUT2D eigenvalue weighted by Crippen LogP contribution is -2.44. The van der Waals surface area contributed by atoms with Gasteiger partial charge in [0.15, 0.2) is 0 Å². The molecule has 0 bridgehead atoms. The zero-order valence-corrected chi connectivity index (χ0v) is 11.9. The van der Waals surface area contributed by atoms with Gasteiger partial charge < -0.3 is 10.1 Å². The highest BCUT2D eigenvalue weighted by atomic mass is 16.5. The number of hydrogen-bond acceptors (Lipinski definition) is 4. The largest absolute Gasteiger partial charge is 0.468 e. The predicted molar refractivity (Wildman–Crippen MR) is 71.2 cm³/mol. The number of ether oxygens (including phenoxy) is 1. The van der Waals surface area contributed by atoms with Crippen LogP contribution in [0, 0.1) is 5.92 Å². The van der Waals surface area contributed by atoms with Crippen LogP contribution in [0.2, 0.25) is 0 Å². The van der Waals surface area contributed by atoms with Crippen molar-refractivity contribution in [3.05, 3.63) is 0 Å². The number of rotatable bonds is 9. The third-order valence-electron chi connectivity index (χ3n) is 2.55. The SMILES string of the molecule is CCCCNC(=O)CNC(CC(C)C)C(=O)OC. The fraction of sp³-hybridized carbons (Fsp3) is 0.846. The molecule has 18 heavy (non-hydrogen) atoms. The minimum Gasteiger partial charge on any atom is -0.468 e. The second kappa shape index (κ2) is 9.88. The summed E-state index contributed by atoms with van der Waals surface area (Å²) in [6, 6.07) is -0.410. The second-order valence-electron chi connectivity index (χ2n) is 4.79. The van der Waals surface area contributed by atoms with Crippen LogP contribution >= 0.6 is 0 Å². The molecule has 0 saturated carbocycles. The van der Waals surface area contributed by atoms with E-state index >= 15 is 0 Å². The fourth-order valence-corrected chi connectivity index (χ4v) is 1.56. The Labute approximate surface area is 110 Å². The number of unbranched alkanes of at least 4 members (excludes halogenated alkanes) is 1. The van der Waals surface area contributed by atoms with E-state index in [-0.39, 0.29) is 18.4 Å². The summed E-state index contributed by atoms with van der Waals surface area (Å²) in [7, 11) is 1.36. The molecule has 0 rings (SSSR count). The van der Waals surface area contributed by atoms with Crippen molar-refractivity contribution >= 4 is 11.9 Å². The molecule has 0 aliphatic rings. The van der Waals surface area contributed by atoms with E-state index in [1.54, 1.807) is 0 Å². The number of amides is 1. The van der Waals surface area contributed by atoms with Crippen molar-refractivity contribution in [3.8, 4) is 0 Å². The standard InChI is InChI=1S/C13H26N2O3/c1-5-6-7-14-12(16)9-15-11(8-10(2)3)13(17)18-4/h10-11,15H,5-9H2,1-4H3,(H,14,16). The Morgan fingerprint density at radius 3 is 2.44 bits per heavy atom. The number of esters is 1. The highest BCUT2D eigenvalue weighted by molar-refractivity contribution is 5.80. The van der Waals surface area contributed by atoms with Gasteiger partial charge in [0.1, 0.15) is 6.04 Å². The maximum atomic E-state index is 11.5. The number of hydrogen-bond donors (Lipinski definition) is 2. The van der Waals surface area contributed by atoms with Gasteiger partial charge in [-0.2, -0.15) is 0 Å². The highest BCUT2D eigenvalue weighted by Gasteiger charge is 2.20. The molecular weight excluding hydrogens is 232 g/mol. The number of nitrogens with one attached hydrogen (secondary N) is 2. The summed E-state index contributed by atoms with van der Waals surface area (Å²) >= 11 is 0. The van der Waals surface area contributed by atoms with Crippen molar-refractivity contribution in [2.24, 2.45) is 5.92 Å². The topological polar surface area (TPSA) is 67.4 Å². The minimum absolute atomic E-state index is 0.0823. The molecule has 1 atom stereocenters. The van der Waals surface area contributed by atoms with Crippen LogP contribution in [0.5, 0.6) is 0 Å². The molecule has 2 N–H and O–H groups in total. The first-order chi connectivity index (χ1) is 8.51. The molecular formula is C13H26N2O3. The average Bonchev–Trinajstić information content (AvgIpc) is 2.33. The lowest BCUT2D eigenvalue weighted by atomic mass is 10.0. The first kappa shape index (κ1) is 16.9. The van der Waals surface area contributed by atoms with E-state index in [0.717, 1.165) is 12.8 Å². The van der Waals surface area contributed by atoms with Crippen LogP contribution in [0.3, 0.4) is 0 Å². The zero-order chi connectivity index (χ0) is 14.0. The number of carbonyl (C=O) groups excluding carboxylic acids is 2.